The van der Waals surface area contributed by atoms with Gasteiger partial charge in [-0.3, -0.25) is 0 Å². The molecule has 0 saturated heterocycles. The highest BCUT2D eigenvalue weighted by atomic mass is 16.3. The van der Waals surface area contributed by atoms with E-state index in [1.807, 2.05) is 23.7 Å². The van der Waals surface area contributed by atoms with Crippen LogP contribution in [0.3, 0.4) is 0 Å². The second-order valence-corrected chi connectivity index (χ2v) is 6.04. The number of hydrogen-bond donors (Lipinski definition) is 1. The lowest BCUT2D eigenvalue weighted by molar-refractivity contribution is 0.158. The lowest BCUT2D eigenvalue weighted by Crippen LogP contribution is -2.11. The molecule has 1 aliphatic carbocycles. The summed E-state index contributed by atoms with van der Waals surface area (Å²) in [6.07, 6.45) is 3.66. The summed E-state index contributed by atoms with van der Waals surface area (Å²) in [7, 11) is 0. The van der Waals surface area contributed by atoms with Crippen LogP contribution in [0.5, 0.6) is 0 Å². The number of aliphatic hydroxyl groups excluding tert-OH is 1. The van der Waals surface area contributed by atoms with E-state index >= 15 is 0 Å². The predicted molar refractivity (Wildman–Crippen MR) is 82.0 cm³/mol. The van der Waals surface area contributed by atoms with Crippen LogP contribution in [0.4, 0.5) is 0 Å². The highest BCUT2D eigenvalue weighted by molar-refractivity contribution is 5.25. The van der Waals surface area contributed by atoms with Crippen LogP contribution < -0.4 is 0 Å². The van der Waals surface area contributed by atoms with Gasteiger partial charge in [0.15, 0.2) is 11.6 Å². The molecule has 1 aliphatic rings. The molecule has 0 unspecified atom stereocenters. The lowest BCUT2D eigenvalue weighted by Gasteiger charge is -2.11. The first-order valence-electron chi connectivity index (χ1n) is 7.83. The fourth-order valence-electron chi connectivity index (χ4n) is 2.56. The molecule has 1 heterocycles. The van der Waals surface area contributed by atoms with Crippen LogP contribution in [0, 0.1) is 12.8 Å². The van der Waals surface area contributed by atoms with Gasteiger partial charge < -0.3 is 5.11 Å². The van der Waals surface area contributed by atoms with Crippen LogP contribution in [-0.4, -0.2) is 19.9 Å². The van der Waals surface area contributed by atoms with E-state index in [0.29, 0.717) is 18.8 Å². The zero-order valence-electron chi connectivity index (χ0n) is 12.8. The van der Waals surface area contributed by atoms with Crippen molar-refractivity contribution < 1.29 is 5.11 Å². The van der Waals surface area contributed by atoms with Crippen LogP contribution in [0.25, 0.3) is 0 Å². The van der Waals surface area contributed by atoms with Crippen molar-refractivity contribution in [3.05, 3.63) is 47.0 Å². The van der Waals surface area contributed by atoms with Crippen molar-refractivity contribution in [3.8, 4) is 0 Å². The van der Waals surface area contributed by atoms with Crippen molar-refractivity contribution in [1.29, 1.82) is 0 Å². The second kappa shape index (κ2) is 5.98. The average Bonchev–Trinajstić information content (AvgIpc) is 3.20. The highest BCUT2D eigenvalue weighted by Crippen LogP contribution is 2.32. The molecular formula is C17H23N3O. The van der Waals surface area contributed by atoms with E-state index in [2.05, 4.69) is 29.1 Å². The molecule has 3 rings (SSSR count). The number of rotatable bonds is 6. The number of aliphatic hydroxyl groups is 1. The molecule has 0 aliphatic heterocycles. The molecule has 1 aromatic carbocycles. The van der Waals surface area contributed by atoms with E-state index in [-0.39, 0.29) is 0 Å². The molecule has 0 amide bonds. The molecule has 4 heteroatoms. The molecular weight excluding hydrogens is 262 g/mol. The first-order valence-corrected chi connectivity index (χ1v) is 7.83. The first-order chi connectivity index (χ1) is 10.2. The van der Waals surface area contributed by atoms with Gasteiger partial charge in [-0.05, 0) is 43.2 Å². The Morgan fingerprint density at radius 3 is 2.76 bits per heavy atom. The molecule has 1 saturated carbocycles. The summed E-state index contributed by atoms with van der Waals surface area (Å²) >= 11 is 0. The van der Waals surface area contributed by atoms with Gasteiger partial charge in [0.1, 0.15) is 6.10 Å². The van der Waals surface area contributed by atoms with Gasteiger partial charge in [0.05, 0.1) is 6.54 Å². The van der Waals surface area contributed by atoms with Crippen molar-refractivity contribution in [2.75, 3.05) is 0 Å². The molecule has 0 radical (unpaired) electrons. The van der Waals surface area contributed by atoms with Crippen LogP contribution in [0.1, 0.15) is 55.1 Å². The van der Waals surface area contributed by atoms with Gasteiger partial charge >= 0.3 is 0 Å². The third kappa shape index (κ3) is 3.32. The molecule has 4 nitrogen and oxygen atoms in total. The maximum atomic E-state index is 10.2. The summed E-state index contributed by atoms with van der Waals surface area (Å²) in [4.78, 5) is 4.59. The van der Waals surface area contributed by atoms with E-state index < -0.39 is 6.10 Å². The number of nitrogens with zero attached hydrogens (tertiary/aromatic N) is 3. The molecule has 21 heavy (non-hydrogen) atoms. The first kappa shape index (κ1) is 14.3. The standard InChI is InChI=1S/C17H23N3O/c1-3-15(21)17-18-16(10-13-8-9-13)19-20(17)11-14-7-5-4-6-12(14)2/h4-7,13,15,21H,3,8-11H2,1-2H3/t15-/m0/s1. The SMILES string of the molecule is CC[C@H](O)c1nc(CC2CC2)nn1Cc1ccccc1C. The van der Waals surface area contributed by atoms with E-state index in [0.717, 1.165) is 18.2 Å². The second-order valence-electron chi connectivity index (χ2n) is 6.04. The predicted octanol–water partition coefficient (Wildman–Crippen LogP) is 3.03. The normalized spacial score (nSPS) is 16.1. The van der Waals surface area contributed by atoms with Crippen molar-refractivity contribution >= 4 is 0 Å². The number of aromatic nitrogens is 3. The molecule has 0 spiro atoms. The third-order valence-electron chi connectivity index (χ3n) is 4.18. The molecule has 0 bridgehead atoms. The molecule has 1 aromatic heterocycles. The smallest absolute Gasteiger partial charge is 0.156 e. The van der Waals surface area contributed by atoms with Gasteiger partial charge in [-0.2, -0.15) is 5.10 Å². The van der Waals surface area contributed by atoms with Crippen molar-refractivity contribution in [1.82, 2.24) is 14.8 Å². The van der Waals surface area contributed by atoms with Gasteiger partial charge in [0.2, 0.25) is 0 Å². The summed E-state index contributed by atoms with van der Waals surface area (Å²) < 4.78 is 1.88. The summed E-state index contributed by atoms with van der Waals surface area (Å²) in [6, 6.07) is 8.30. The zero-order chi connectivity index (χ0) is 14.8. The Balaban J connectivity index is 1.87. The van der Waals surface area contributed by atoms with Crippen molar-refractivity contribution in [2.45, 2.75) is 52.2 Å². The lowest BCUT2D eigenvalue weighted by atomic mass is 10.1. The summed E-state index contributed by atoms with van der Waals surface area (Å²) in [6.45, 7) is 4.75. The molecule has 1 atom stereocenters. The number of aryl methyl sites for hydroxylation is 1. The minimum Gasteiger partial charge on any atom is -0.385 e. The topological polar surface area (TPSA) is 50.9 Å². The fourth-order valence-corrected chi connectivity index (χ4v) is 2.56. The Hall–Kier alpha value is -1.68. The number of hydrogen-bond acceptors (Lipinski definition) is 3. The van der Waals surface area contributed by atoms with Gasteiger partial charge in [0.25, 0.3) is 0 Å². The maximum Gasteiger partial charge on any atom is 0.156 e. The molecule has 1 N–H and O–H groups in total. The van der Waals surface area contributed by atoms with Gasteiger partial charge in [-0.25, -0.2) is 9.67 Å². The Morgan fingerprint density at radius 2 is 2.10 bits per heavy atom. The van der Waals surface area contributed by atoms with Gasteiger partial charge in [-0.15, -0.1) is 0 Å². The van der Waals surface area contributed by atoms with Gasteiger partial charge in [-0.1, -0.05) is 31.2 Å². The van der Waals surface area contributed by atoms with E-state index in [9.17, 15) is 5.11 Å². The zero-order valence-corrected chi connectivity index (χ0v) is 12.8. The molecule has 1 fully saturated rings. The largest absolute Gasteiger partial charge is 0.385 e. The third-order valence-corrected chi connectivity index (χ3v) is 4.18. The minimum absolute atomic E-state index is 0.533. The van der Waals surface area contributed by atoms with Crippen LogP contribution in [0.2, 0.25) is 0 Å². The molecule has 112 valence electrons. The van der Waals surface area contributed by atoms with Crippen LogP contribution in [-0.2, 0) is 13.0 Å². The van der Waals surface area contributed by atoms with E-state index in [1.54, 1.807) is 0 Å². The number of benzene rings is 1. The van der Waals surface area contributed by atoms with Crippen LogP contribution >= 0.6 is 0 Å². The molecule has 2 aromatic rings. The Morgan fingerprint density at radius 1 is 1.33 bits per heavy atom. The fraction of sp³-hybridized carbons (Fsp3) is 0.529. The Bertz CT molecular complexity index is 616. The van der Waals surface area contributed by atoms with Crippen molar-refractivity contribution in [3.63, 3.8) is 0 Å². The van der Waals surface area contributed by atoms with E-state index in [1.165, 1.54) is 24.0 Å². The minimum atomic E-state index is -0.533. The monoisotopic (exact) mass is 285 g/mol. The maximum absolute atomic E-state index is 10.2. The quantitative estimate of drug-likeness (QED) is 0.887. The summed E-state index contributed by atoms with van der Waals surface area (Å²) in [5.74, 6) is 2.34. The summed E-state index contributed by atoms with van der Waals surface area (Å²) in [5.41, 5.74) is 2.47. The summed E-state index contributed by atoms with van der Waals surface area (Å²) in [5, 5.41) is 14.8. The van der Waals surface area contributed by atoms with Crippen molar-refractivity contribution in [2.24, 2.45) is 5.92 Å². The van der Waals surface area contributed by atoms with Gasteiger partial charge in [0, 0.05) is 6.42 Å². The Kier molecular flexibility index (Phi) is 4.06. The Labute approximate surface area is 125 Å². The average molecular weight is 285 g/mol. The highest BCUT2D eigenvalue weighted by Gasteiger charge is 2.25. The van der Waals surface area contributed by atoms with E-state index in [4.69, 9.17) is 0 Å². The van der Waals surface area contributed by atoms with Crippen LogP contribution in [0.15, 0.2) is 24.3 Å².